The number of carbonyl (C=O) groups is 3. The highest BCUT2D eigenvalue weighted by atomic mass is 32.2. The third kappa shape index (κ3) is 4.80. The Balaban J connectivity index is 2.02. The number of unbranched alkanes of at least 4 members (excludes halogenated alkanes) is 2. The molecule has 2 amide bonds. The highest BCUT2D eigenvalue weighted by molar-refractivity contribution is 8.02. The molecule has 0 saturated carbocycles. The summed E-state index contributed by atoms with van der Waals surface area (Å²) in [6.45, 7) is 14.6. The SMILES string of the molecule is C=CCCOC(=O)[C@@H]1[C@H]2C(=O)N([C@@H](CC)CO)C(C(=O)N(CC=C)CCCCC)C23CC[C@@]1(C)S3. The molecule has 0 aromatic rings. The Hall–Kier alpha value is -1.80. The number of thioether (sulfide) groups is 1. The summed E-state index contributed by atoms with van der Waals surface area (Å²) in [5.41, 5.74) is 0. The van der Waals surface area contributed by atoms with Crippen molar-refractivity contribution in [1.29, 1.82) is 0 Å². The molecular weight excluding hydrogens is 464 g/mol. The summed E-state index contributed by atoms with van der Waals surface area (Å²) in [6.07, 6.45) is 8.88. The number of carbonyl (C=O) groups excluding carboxylic acids is 3. The summed E-state index contributed by atoms with van der Waals surface area (Å²) in [7, 11) is 0. The average Bonchev–Trinajstić information content (AvgIpc) is 3.40. The van der Waals surface area contributed by atoms with Gasteiger partial charge in [-0.15, -0.1) is 24.9 Å². The van der Waals surface area contributed by atoms with Crippen LogP contribution in [0, 0.1) is 11.8 Å². The molecule has 3 fully saturated rings. The number of fused-ring (bicyclic) bond motifs is 1. The first kappa shape index (κ1) is 27.8. The van der Waals surface area contributed by atoms with E-state index < -0.39 is 33.4 Å². The first-order chi connectivity index (χ1) is 16.8. The molecule has 2 bridgehead atoms. The molecule has 0 aromatic heterocycles. The van der Waals surface area contributed by atoms with Crippen molar-refractivity contribution in [2.45, 2.75) is 87.3 Å². The summed E-state index contributed by atoms with van der Waals surface area (Å²) < 4.78 is 4.43. The first-order valence-corrected chi connectivity index (χ1v) is 13.9. The molecule has 0 aliphatic carbocycles. The molecule has 196 valence electrons. The minimum Gasteiger partial charge on any atom is -0.465 e. The van der Waals surface area contributed by atoms with Crippen molar-refractivity contribution in [3.8, 4) is 0 Å². The molecule has 3 saturated heterocycles. The van der Waals surface area contributed by atoms with E-state index in [1.54, 1.807) is 33.7 Å². The van der Waals surface area contributed by atoms with Crippen LogP contribution < -0.4 is 0 Å². The maximum atomic E-state index is 14.2. The lowest BCUT2D eigenvalue weighted by molar-refractivity contribution is -0.156. The van der Waals surface area contributed by atoms with Crippen molar-refractivity contribution in [3.05, 3.63) is 25.3 Å². The Morgan fingerprint density at radius 3 is 2.63 bits per heavy atom. The number of hydrogen-bond acceptors (Lipinski definition) is 6. The van der Waals surface area contributed by atoms with Crippen molar-refractivity contribution >= 4 is 29.5 Å². The Kier molecular flexibility index (Phi) is 9.13. The molecule has 3 aliphatic rings. The van der Waals surface area contributed by atoms with Crippen molar-refractivity contribution < 1.29 is 24.2 Å². The van der Waals surface area contributed by atoms with Crippen LogP contribution in [0.5, 0.6) is 0 Å². The minimum absolute atomic E-state index is 0.0961. The Labute approximate surface area is 214 Å². The molecule has 7 nitrogen and oxygen atoms in total. The predicted octanol–water partition coefficient (Wildman–Crippen LogP) is 3.56. The van der Waals surface area contributed by atoms with E-state index in [2.05, 4.69) is 20.1 Å². The van der Waals surface area contributed by atoms with Crippen LogP contribution in [-0.2, 0) is 19.1 Å². The molecule has 35 heavy (non-hydrogen) atoms. The predicted molar refractivity (Wildman–Crippen MR) is 139 cm³/mol. The average molecular weight is 507 g/mol. The Morgan fingerprint density at radius 2 is 2.03 bits per heavy atom. The fourth-order valence-electron chi connectivity index (χ4n) is 6.31. The number of rotatable bonds is 14. The zero-order valence-electron chi connectivity index (χ0n) is 21.5. The molecule has 6 atom stereocenters. The van der Waals surface area contributed by atoms with Crippen LogP contribution in [-0.4, -0.2) is 80.6 Å². The topological polar surface area (TPSA) is 87.1 Å². The summed E-state index contributed by atoms with van der Waals surface area (Å²) >= 11 is 1.64. The first-order valence-electron chi connectivity index (χ1n) is 13.1. The van der Waals surface area contributed by atoms with Gasteiger partial charge in [-0.1, -0.05) is 38.8 Å². The molecule has 1 N–H and O–H groups in total. The third-order valence-electron chi connectivity index (χ3n) is 8.04. The van der Waals surface area contributed by atoms with Gasteiger partial charge >= 0.3 is 5.97 Å². The van der Waals surface area contributed by atoms with Gasteiger partial charge in [0.1, 0.15) is 6.04 Å². The van der Waals surface area contributed by atoms with Gasteiger partial charge in [-0.3, -0.25) is 14.4 Å². The number of aliphatic hydroxyl groups is 1. The number of amides is 2. The monoisotopic (exact) mass is 506 g/mol. The number of esters is 1. The van der Waals surface area contributed by atoms with Crippen LogP contribution in [0.2, 0.25) is 0 Å². The molecule has 3 aliphatic heterocycles. The van der Waals surface area contributed by atoms with E-state index in [4.69, 9.17) is 4.74 Å². The van der Waals surface area contributed by atoms with Gasteiger partial charge in [-0.2, -0.15) is 0 Å². The molecular formula is C27H42N2O5S. The van der Waals surface area contributed by atoms with E-state index in [-0.39, 0.29) is 31.0 Å². The lowest BCUT2D eigenvalue weighted by Crippen LogP contribution is -2.57. The summed E-state index contributed by atoms with van der Waals surface area (Å²) in [5, 5.41) is 10.2. The summed E-state index contributed by atoms with van der Waals surface area (Å²) in [6, 6.07) is -1.18. The van der Waals surface area contributed by atoms with Crippen LogP contribution in [0.3, 0.4) is 0 Å². The lowest BCUT2D eigenvalue weighted by atomic mass is 9.66. The fourth-order valence-corrected chi connectivity index (χ4v) is 8.64. The van der Waals surface area contributed by atoms with Crippen molar-refractivity contribution in [2.75, 3.05) is 26.3 Å². The van der Waals surface area contributed by atoms with E-state index in [1.165, 1.54) is 0 Å². The van der Waals surface area contributed by atoms with Crippen LogP contribution >= 0.6 is 11.8 Å². The van der Waals surface area contributed by atoms with E-state index >= 15 is 0 Å². The zero-order chi connectivity index (χ0) is 25.8. The van der Waals surface area contributed by atoms with Gasteiger partial charge in [0.15, 0.2) is 0 Å². The molecule has 0 aromatic carbocycles. The van der Waals surface area contributed by atoms with E-state index in [0.29, 0.717) is 32.4 Å². The Bertz CT molecular complexity index is 830. The van der Waals surface area contributed by atoms with Gasteiger partial charge in [0.2, 0.25) is 11.8 Å². The van der Waals surface area contributed by atoms with Crippen LogP contribution in [0.4, 0.5) is 0 Å². The molecule has 0 radical (unpaired) electrons. The molecule has 3 heterocycles. The molecule has 3 rings (SSSR count). The minimum atomic E-state index is -0.712. The number of nitrogens with zero attached hydrogens (tertiary/aromatic N) is 2. The normalized spacial score (nSPS) is 31.8. The van der Waals surface area contributed by atoms with Crippen LogP contribution in [0.25, 0.3) is 0 Å². The second-order valence-electron chi connectivity index (χ2n) is 10.2. The van der Waals surface area contributed by atoms with Gasteiger partial charge in [0.05, 0.1) is 35.8 Å². The summed E-state index contributed by atoms with van der Waals surface area (Å²) in [5.74, 6) is -1.89. The van der Waals surface area contributed by atoms with Crippen molar-refractivity contribution in [2.24, 2.45) is 11.8 Å². The number of ether oxygens (including phenoxy) is 1. The smallest absolute Gasteiger partial charge is 0.311 e. The lowest BCUT2D eigenvalue weighted by Gasteiger charge is -2.39. The van der Waals surface area contributed by atoms with Gasteiger partial charge in [-0.25, -0.2) is 0 Å². The van der Waals surface area contributed by atoms with Crippen LogP contribution in [0.15, 0.2) is 25.3 Å². The second-order valence-corrected chi connectivity index (χ2v) is 12.1. The van der Waals surface area contributed by atoms with Gasteiger partial charge in [0, 0.05) is 17.8 Å². The highest BCUT2D eigenvalue weighted by Crippen LogP contribution is 2.71. The number of likely N-dealkylation sites (tertiary alicyclic amines) is 1. The standard InChI is InChI=1S/C27H42N2O5S/c1-6-10-12-16-28(15-8-3)24(32)22-27-14-13-26(5,35-27)21(25(33)34-17-11-7-2)20(27)23(31)29(22)19(9-4)18-30/h7-8,19-22,30H,2-3,6,9-18H2,1,4-5H3/t19-,20-,21-,22?,26+,27?/m0/s1. The fraction of sp³-hybridized carbons (Fsp3) is 0.741. The van der Waals surface area contributed by atoms with E-state index in [1.807, 2.05) is 13.8 Å². The molecule has 8 heteroatoms. The van der Waals surface area contributed by atoms with Crippen molar-refractivity contribution in [1.82, 2.24) is 9.80 Å². The van der Waals surface area contributed by atoms with Crippen LogP contribution in [0.1, 0.15) is 65.7 Å². The maximum absolute atomic E-state index is 14.2. The largest absolute Gasteiger partial charge is 0.465 e. The Morgan fingerprint density at radius 1 is 1.29 bits per heavy atom. The zero-order valence-corrected chi connectivity index (χ0v) is 22.4. The third-order valence-corrected chi connectivity index (χ3v) is 10.0. The maximum Gasteiger partial charge on any atom is 0.311 e. The van der Waals surface area contributed by atoms with E-state index in [0.717, 1.165) is 25.7 Å². The molecule has 1 spiro atoms. The van der Waals surface area contributed by atoms with Gasteiger partial charge in [-0.05, 0) is 39.0 Å². The van der Waals surface area contributed by atoms with Gasteiger partial charge in [0.25, 0.3) is 0 Å². The highest BCUT2D eigenvalue weighted by Gasteiger charge is 2.78. The number of aliphatic hydroxyl groups excluding tert-OH is 1. The van der Waals surface area contributed by atoms with Gasteiger partial charge < -0.3 is 19.6 Å². The van der Waals surface area contributed by atoms with Crippen molar-refractivity contribution in [3.63, 3.8) is 0 Å². The van der Waals surface area contributed by atoms with E-state index in [9.17, 15) is 19.5 Å². The quantitative estimate of drug-likeness (QED) is 0.220. The molecule has 2 unspecified atom stereocenters. The second kappa shape index (κ2) is 11.5. The summed E-state index contributed by atoms with van der Waals surface area (Å²) in [4.78, 5) is 45.0. The number of hydrogen-bond donors (Lipinski definition) is 1.